The van der Waals surface area contributed by atoms with Crippen LogP contribution in [0.2, 0.25) is 0 Å². The monoisotopic (exact) mass is 947 g/mol. The molecular weight excluding hydrogens is 913 g/mol. The van der Waals surface area contributed by atoms with Gasteiger partial charge in [0.1, 0.15) is 40.9 Å². The molecule has 342 valence electrons. The third kappa shape index (κ3) is 9.13. The molecule has 0 bridgehead atoms. The third-order valence-corrected chi connectivity index (χ3v) is 13.4. The van der Waals surface area contributed by atoms with Gasteiger partial charge in [-0.2, -0.15) is 45.3 Å². The van der Waals surface area contributed by atoms with Crippen LogP contribution >= 0.6 is 0 Å². The SMILES string of the molecule is Cc1ccc(-c2ccc(C#CC(C)(C)S(C)(=O)=O)nc2C(Cc2cc(F)cc(F)c2)NC(=O)Cn2nc(C(F)(F)F)c3c2C(F)(F)C2CC32)c2c1c(NS(C)(=O)=O)nn2CC(F)(F)F. The molecule has 3 atom stereocenters. The molecule has 1 saturated carbocycles. The van der Waals surface area contributed by atoms with E-state index in [1.807, 2.05) is 0 Å². The molecule has 2 aliphatic rings. The lowest BCUT2D eigenvalue weighted by atomic mass is 9.93. The van der Waals surface area contributed by atoms with Crippen LogP contribution in [0.4, 0.5) is 49.7 Å². The maximum absolute atomic E-state index is 15.5. The fraction of sp³-hybridized carbons (Fsp3) is 0.400. The molecule has 12 nitrogen and oxygen atoms in total. The van der Waals surface area contributed by atoms with Gasteiger partial charge in [-0.3, -0.25) is 18.9 Å². The molecule has 64 heavy (non-hydrogen) atoms. The number of sulfone groups is 1. The number of pyridine rings is 1. The van der Waals surface area contributed by atoms with Gasteiger partial charge in [0.2, 0.25) is 15.9 Å². The second kappa shape index (κ2) is 15.5. The zero-order valence-electron chi connectivity index (χ0n) is 34.0. The molecule has 3 unspecified atom stereocenters. The van der Waals surface area contributed by atoms with Crippen LogP contribution in [0.5, 0.6) is 0 Å². The summed E-state index contributed by atoms with van der Waals surface area (Å²) in [6.45, 7) is 1.00. The van der Waals surface area contributed by atoms with Crippen molar-refractivity contribution in [3.05, 3.63) is 93.6 Å². The molecule has 0 aliphatic heterocycles. The zero-order chi connectivity index (χ0) is 47.3. The molecule has 0 radical (unpaired) electrons. The van der Waals surface area contributed by atoms with E-state index < -0.39 is 121 Å². The molecule has 2 aromatic carbocycles. The fourth-order valence-electron chi connectivity index (χ4n) is 7.72. The number of fused-ring (bicyclic) bond motifs is 4. The molecule has 1 amide bonds. The van der Waals surface area contributed by atoms with Crippen LogP contribution in [-0.2, 0) is 56.3 Å². The Morgan fingerprint density at radius 2 is 1.58 bits per heavy atom. The number of halogens is 10. The number of aryl methyl sites for hydroxylation is 1. The Hall–Kier alpha value is -5.70. The molecule has 5 aromatic rings. The number of benzene rings is 2. The summed E-state index contributed by atoms with van der Waals surface area (Å²) in [6.07, 6.45) is -9.31. The molecule has 7 rings (SSSR count). The maximum Gasteiger partial charge on any atom is 0.435 e. The van der Waals surface area contributed by atoms with Gasteiger partial charge in [0.05, 0.1) is 23.5 Å². The smallest absolute Gasteiger partial charge is 0.346 e. The summed E-state index contributed by atoms with van der Waals surface area (Å²) in [5.41, 5.74) is -4.53. The van der Waals surface area contributed by atoms with Crippen molar-refractivity contribution in [2.75, 3.05) is 17.2 Å². The highest BCUT2D eigenvalue weighted by Crippen LogP contribution is 2.68. The van der Waals surface area contributed by atoms with Crippen LogP contribution in [0.15, 0.2) is 42.5 Å². The number of alkyl halides is 8. The van der Waals surface area contributed by atoms with E-state index in [0.29, 0.717) is 10.7 Å². The normalized spacial score (nSPS) is 17.7. The number of sulfonamides is 1. The average molecular weight is 948 g/mol. The zero-order valence-corrected chi connectivity index (χ0v) is 35.6. The van der Waals surface area contributed by atoms with Gasteiger partial charge < -0.3 is 5.32 Å². The van der Waals surface area contributed by atoms with E-state index in [-0.39, 0.29) is 55.6 Å². The summed E-state index contributed by atoms with van der Waals surface area (Å²) >= 11 is 0. The van der Waals surface area contributed by atoms with Crippen LogP contribution < -0.4 is 10.0 Å². The van der Waals surface area contributed by atoms with Crippen LogP contribution in [0.3, 0.4) is 0 Å². The number of nitrogens with zero attached hydrogens (tertiary/aromatic N) is 5. The first kappa shape index (κ1) is 46.3. The van der Waals surface area contributed by atoms with Crippen molar-refractivity contribution >= 4 is 42.5 Å². The van der Waals surface area contributed by atoms with Crippen LogP contribution in [-0.4, -0.2) is 70.7 Å². The Labute approximate surface area is 358 Å². The van der Waals surface area contributed by atoms with Crippen LogP contribution in [0, 0.1) is 36.3 Å². The second-order valence-corrected chi connectivity index (χ2v) is 20.6. The largest absolute Gasteiger partial charge is 0.435 e. The van der Waals surface area contributed by atoms with Gasteiger partial charge >= 0.3 is 12.4 Å². The highest BCUT2D eigenvalue weighted by Gasteiger charge is 2.68. The Morgan fingerprint density at radius 1 is 0.938 bits per heavy atom. The van der Waals surface area contributed by atoms with Gasteiger partial charge in [-0.25, -0.2) is 30.6 Å². The molecular formula is C40H35F10N7O5S2. The number of carbonyl (C=O) groups is 1. The predicted octanol–water partition coefficient (Wildman–Crippen LogP) is 7.32. The molecule has 0 spiro atoms. The minimum Gasteiger partial charge on any atom is -0.346 e. The Kier molecular flexibility index (Phi) is 11.2. The fourth-order valence-corrected chi connectivity index (χ4v) is 8.45. The number of aromatic nitrogens is 5. The van der Waals surface area contributed by atoms with E-state index in [9.17, 15) is 56.8 Å². The number of hydrogen-bond donors (Lipinski definition) is 2. The first-order chi connectivity index (χ1) is 29.3. The van der Waals surface area contributed by atoms with Crippen LogP contribution in [0.25, 0.3) is 22.0 Å². The molecule has 0 saturated heterocycles. The van der Waals surface area contributed by atoms with E-state index >= 15 is 8.78 Å². The Morgan fingerprint density at radius 3 is 2.17 bits per heavy atom. The van der Waals surface area contributed by atoms with Crippen LogP contribution in [0.1, 0.15) is 71.7 Å². The van der Waals surface area contributed by atoms with Crippen molar-refractivity contribution in [2.24, 2.45) is 5.92 Å². The van der Waals surface area contributed by atoms with Gasteiger partial charge in [-0.1, -0.05) is 18.1 Å². The number of carbonyl (C=O) groups excluding carboxylic acids is 1. The number of anilines is 1. The van der Waals surface area contributed by atoms with Crippen molar-refractivity contribution in [1.29, 1.82) is 0 Å². The van der Waals surface area contributed by atoms with Gasteiger partial charge in [0, 0.05) is 40.3 Å². The molecule has 24 heteroatoms. The number of hydrogen-bond acceptors (Lipinski definition) is 8. The standard InChI is InChI=1S/C40H35F10N7O5S2/c1-19-6-8-25(33-30(19)36(55-64(5,61)62)54-57(33)18-38(43,44)45)24-9-7-23(10-11-37(2,3)63(4,59)60)51-32(24)28(14-20-12-21(41)15-22(42)13-20)52-29(58)17-56-35-31(34(53-56)40(48,49)50)26-16-27(26)39(35,46)47/h6-9,12-13,15,26-28H,14,16-18H2,1-5H3,(H,52,58)(H,54,55). The number of amides is 1. The van der Waals surface area contributed by atoms with Gasteiger partial charge in [0.25, 0.3) is 5.92 Å². The summed E-state index contributed by atoms with van der Waals surface area (Å²) in [4.78, 5) is 18.6. The first-order valence-electron chi connectivity index (χ1n) is 18.9. The van der Waals surface area contributed by atoms with Crippen molar-refractivity contribution < 1.29 is 65.5 Å². The van der Waals surface area contributed by atoms with Crippen molar-refractivity contribution in [3.8, 4) is 23.0 Å². The van der Waals surface area contributed by atoms with E-state index in [0.717, 1.165) is 24.6 Å². The predicted molar refractivity (Wildman–Crippen MR) is 211 cm³/mol. The summed E-state index contributed by atoms with van der Waals surface area (Å²) in [6, 6.07) is 5.76. The van der Waals surface area contributed by atoms with E-state index in [2.05, 4.69) is 37.1 Å². The van der Waals surface area contributed by atoms with Gasteiger partial charge in [0.15, 0.2) is 21.3 Å². The molecule has 2 aliphatic carbocycles. The van der Waals surface area contributed by atoms with Crippen molar-refractivity contribution in [3.63, 3.8) is 0 Å². The molecule has 2 N–H and O–H groups in total. The first-order valence-corrected chi connectivity index (χ1v) is 22.7. The Balaban J connectivity index is 1.45. The summed E-state index contributed by atoms with van der Waals surface area (Å²) < 4.78 is 196. The minimum absolute atomic E-state index is 0.114. The third-order valence-electron chi connectivity index (χ3n) is 10.9. The topological polar surface area (TPSA) is 158 Å². The number of nitrogens with one attached hydrogen (secondary N) is 2. The summed E-state index contributed by atoms with van der Waals surface area (Å²) in [5, 5.41) is 9.66. The van der Waals surface area contributed by atoms with Crippen molar-refractivity contribution in [1.82, 2.24) is 29.9 Å². The maximum atomic E-state index is 15.5. The lowest BCUT2D eigenvalue weighted by Gasteiger charge is -2.23. The van der Waals surface area contributed by atoms with E-state index in [4.69, 9.17) is 0 Å². The Bertz CT molecular complexity index is 3020. The lowest BCUT2D eigenvalue weighted by molar-refractivity contribution is -0.142. The number of rotatable bonds is 11. The van der Waals surface area contributed by atoms with Gasteiger partial charge in [-0.15, -0.1) is 0 Å². The molecule has 3 heterocycles. The van der Waals surface area contributed by atoms with E-state index in [1.165, 1.54) is 45.0 Å². The van der Waals surface area contributed by atoms with Crippen molar-refractivity contribution in [2.45, 2.75) is 81.7 Å². The van der Waals surface area contributed by atoms with E-state index in [1.54, 1.807) is 0 Å². The highest BCUT2D eigenvalue weighted by molar-refractivity contribution is 7.92. The lowest BCUT2D eigenvalue weighted by Crippen LogP contribution is -2.35. The van der Waals surface area contributed by atoms with Gasteiger partial charge in [-0.05, 0) is 80.8 Å². The molecule has 1 fully saturated rings. The quantitative estimate of drug-likeness (QED) is 0.103. The minimum atomic E-state index is -5.18. The average Bonchev–Trinajstić information content (AvgIpc) is 3.66. The molecule has 3 aromatic heterocycles. The second-order valence-electron chi connectivity index (χ2n) is 16.3. The highest BCUT2D eigenvalue weighted by atomic mass is 32.2. The summed E-state index contributed by atoms with van der Waals surface area (Å²) in [5.74, 6) is -5.18. The summed E-state index contributed by atoms with van der Waals surface area (Å²) in [7, 11) is -7.99.